The van der Waals surface area contributed by atoms with Gasteiger partial charge in [-0.3, -0.25) is 0 Å². The summed E-state index contributed by atoms with van der Waals surface area (Å²) >= 11 is 0. The first kappa shape index (κ1) is 11.4. The molecule has 0 bridgehead atoms. The van der Waals surface area contributed by atoms with E-state index in [4.69, 9.17) is 5.11 Å². The molecule has 17 heavy (non-hydrogen) atoms. The number of fused-ring (bicyclic) bond motifs is 1. The van der Waals surface area contributed by atoms with E-state index in [9.17, 15) is 4.79 Å². The average molecular weight is 234 g/mol. The fourth-order valence-corrected chi connectivity index (χ4v) is 1.42. The molecule has 90 valence electrons. The van der Waals surface area contributed by atoms with E-state index in [0.29, 0.717) is 17.5 Å². The Morgan fingerprint density at radius 2 is 2.35 bits per heavy atom. The second-order valence-corrected chi connectivity index (χ2v) is 3.91. The molecule has 0 aromatic carbocycles. The van der Waals surface area contributed by atoms with Crippen LogP contribution in [0.5, 0.6) is 0 Å². The molecule has 1 unspecified atom stereocenters. The predicted molar refractivity (Wildman–Crippen MR) is 63.3 cm³/mol. The first-order valence-electron chi connectivity index (χ1n) is 5.46. The Bertz CT molecular complexity index is 549. The summed E-state index contributed by atoms with van der Waals surface area (Å²) in [5.74, 6) is -0.340. The molecule has 2 aromatic rings. The van der Waals surface area contributed by atoms with E-state index in [2.05, 4.69) is 29.2 Å². The van der Waals surface area contributed by atoms with Crippen molar-refractivity contribution >= 4 is 17.4 Å². The Labute approximate surface area is 98.3 Å². The molecule has 2 N–H and O–H groups in total. The summed E-state index contributed by atoms with van der Waals surface area (Å²) in [6, 6.07) is 3.85. The van der Waals surface area contributed by atoms with Crippen molar-refractivity contribution in [1.82, 2.24) is 14.6 Å². The Hall–Kier alpha value is -2.11. The lowest BCUT2D eigenvalue weighted by molar-refractivity contribution is 0.0691. The molecule has 0 spiro atoms. The summed E-state index contributed by atoms with van der Waals surface area (Å²) in [5.41, 5.74) is 0.523. The lowest BCUT2D eigenvalue weighted by atomic mass is 10.2. The van der Waals surface area contributed by atoms with Gasteiger partial charge in [0.1, 0.15) is 5.82 Å². The molecule has 0 aliphatic heterocycles. The van der Waals surface area contributed by atoms with Crippen molar-refractivity contribution in [3.8, 4) is 0 Å². The summed E-state index contributed by atoms with van der Waals surface area (Å²) in [6.45, 7) is 4.14. The van der Waals surface area contributed by atoms with Crippen LogP contribution in [0.15, 0.2) is 18.3 Å². The van der Waals surface area contributed by atoms with E-state index in [1.54, 1.807) is 12.1 Å². The first-order valence-corrected chi connectivity index (χ1v) is 5.46. The Morgan fingerprint density at radius 1 is 1.59 bits per heavy atom. The Balaban J connectivity index is 2.33. The van der Waals surface area contributed by atoms with Crippen LogP contribution >= 0.6 is 0 Å². The number of aromatic carboxylic acids is 1. The molecule has 2 rings (SSSR count). The van der Waals surface area contributed by atoms with Gasteiger partial charge in [-0.25, -0.2) is 14.3 Å². The van der Waals surface area contributed by atoms with E-state index in [1.807, 2.05) is 0 Å². The van der Waals surface area contributed by atoms with Crippen LogP contribution in [0, 0.1) is 0 Å². The molecular weight excluding hydrogens is 220 g/mol. The summed E-state index contributed by atoms with van der Waals surface area (Å²) < 4.78 is 1.47. The maximum atomic E-state index is 10.8. The molecule has 0 aliphatic rings. The summed E-state index contributed by atoms with van der Waals surface area (Å²) in [4.78, 5) is 14.7. The third-order valence-electron chi connectivity index (χ3n) is 2.55. The molecule has 0 fully saturated rings. The minimum atomic E-state index is -1.05. The minimum absolute atomic E-state index is 0.00168. The van der Waals surface area contributed by atoms with E-state index >= 15 is 0 Å². The Morgan fingerprint density at radius 3 is 3.00 bits per heavy atom. The molecule has 0 amide bonds. The molecule has 0 radical (unpaired) electrons. The fourth-order valence-electron chi connectivity index (χ4n) is 1.42. The van der Waals surface area contributed by atoms with Crippen LogP contribution in [-0.2, 0) is 0 Å². The van der Waals surface area contributed by atoms with E-state index < -0.39 is 5.97 Å². The monoisotopic (exact) mass is 234 g/mol. The molecule has 6 nitrogen and oxygen atoms in total. The highest BCUT2D eigenvalue weighted by atomic mass is 16.4. The van der Waals surface area contributed by atoms with Crippen molar-refractivity contribution < 1.29 is 9.90 Å². The van der Waals surface area contributed by atoms with E-state index in [1.165, 1.54) is 10.7 Å². The number of carboxylic acids is 1. The van der Waals surface area contributed by atoms with Crippen LogP contribution in [0.4, 0.5) is 5.82 Å². The molecule has 6 heteroatoms. The van der Waals surface area contributed by atoms with Gasteiger partial charge >= 0.3 is 5.97 Å². The average Bonchev–Trinajstić information content (AvgIpc) is 2.72. The van der Waals surface area contributed by atoms with Gasteiger partial charge in [-0.1, -0.05) is 6.92 Å². The van der Waals surface area contributed by atoms with Crippen molar-refractivity contribution in [3.63, 3.8) is 0 Å². The van der Waals surface area contributed by atoms with Gasteiger partial charge in [0.15, 0.2) is 11.3 Å². The SMILES string of the molecule is CCC(C)Nc1ccc2nc(C(=O)O)cn2n1. The van der Waals surface area contributed by atoms with Gasteiger partial charge in [-0.2, -0.15) is 0 Å². The lowest BCUT2D eigenvalue weighted by Crippen LogP contribution is -2.15. The van der Waals surface area contributed by atoms with Crippen LogP contribution in [0.3, 0.4) is 0 Å². The van der Waals surface area contributed by atoms with Gasteiger partial charge < -0.3 is 10.4 Å². The van der Waals surface area contributed by atoms with Gasteiger partial charge in [0, 0.05) is 6.04 Å². The Kier molecular flexibility index (Phi) is 2.95. The van der Waals surface area contributed by atoms with E-state index in [0.717, 1.165) is 6.42 Å². The number of anilines is 1. The molecule has 2 heterocycles. The highest BCUT2D eigenvalue weighted by Gasteiger charge is 2.09. The maximum Gasteiger partial charge on any atom is 0.356 e. The quantitative estimate of drug-likeness (QED) is 0.840. The topological polar surface area (TPSA) is 79.5 Å². The zero-order chi connectivity index (χ0) is 12.4. The normalized spacial score (nSPS) is 12.6. The fraction of sp³-hybridized carbons (Fsp3) is 0.364. The molecule has 0 saturated carbocycles. The van der Waals surface area contributed by atoms with Gasteiger partial charge in [0.05, 0.1) is 6.20 Å². The number of carbonyl (C=O) groups is 1. The highest BCUT2D eigenvalue weighted by molar-refractivity contribution is 5.86. The number of aromatic nitrogens is 3. The highest BCUT2D eigenvalue weighted by Crippen LogP contribution is 2.09. The van der Waals surface area contributed by atoms with Crippen molar-refractivity contribution in [2.75, 3.05) is 5.32 Å². The minimum Gasteiger partial charge on any atom is -0.476 e. The lowest BCUT2D eigenvalue weighted by Gasteiger charge is -2.11. The van der Waals surface area contributed by atoms with Crippen LogP contribution in [0.25, 0.3) is 5.65 Å². The number of carboxylic acid groups (broad SMARTS) is 1. The second kappa shape index (κ2) is 4.40. The van der Waals surface area contributed by atoms with Crippen molar-refractivity contribution in [1.29, 1.82) is 0 Å². The maximum absolute atomic E-state index is 10.8. The molecule has 1 atom stereocenters. The number of hydrogen-bond donors (Lipinski definition) is 2. The van der Waals surface area contributed by atoms with Crippen molar-refractivity contribution in [2.24, 2.45) is 0 Å². The van der Waals surface area contributed by atoms with Crippen LogP contribution in [0.1, 0.15) is 30.8 Å². The van der Waals surface area contributed by atoms with Crippen molar-refractivity contribution in [3.05, 3.63) is 24.0 Å². The van der Waals surface area contributed by atoms with Crippen LogP contribution < -0.4 is 5.32 Å². The summed E-state index contributed by atoms with van der Waals surface area (Å²) in [5, 5.41) is 16.3. The smallest absolute Gasteiger partial charge is 0.356 e. The van der Waals surface area contributed by atoms with Crippen LogP contribution in [0.2, 0.25) is 0 Å². The van der Waals surface area contributed by atoms with Gasteiger partial charge in [-0.15, -0.1) is 5.10 Å². The van der Waals surface area contributed by atoms with Gasteiger partial charge in [0.2, 0.25) is 0 Å². The third kappa shape index (κ3) is 2.35. The largest absolute Gasteiger partial charge is 0.476 e. The third-order valence-corrected chi connectivity index (χ3v) is 2.55. The molecule has 0 aliphatic carbocycles. The zero-order valence-electron chi connectivity index (χ0n) is 9.71. The molecular formula is C11H14N4O2. The number of nitrogens with zero attached hydrogens (tertiary/aromatic N) is 3. The number of nitrogens with one attached hydrogen (secondary N) is 1. The summed E-state index contributed by atoms with van der Waals surface area (Å²) in [7, 11) is 0. The number of rotatable bonds is 4. The number of imidazole rings is 1. The standard InChI is InChI=1S/C11H14N4O2/c1-3-7(2)12-9-4-5-10-13-8(11(16)17)6-15(10)14-9/h4-7H,3H2,1-2H3,(H,12,14)(H,16,17). The van der Waals surface area contributed by atoms with Crippen LogP contribution in [-0.4, -0.2) is 31.7 Å². The molecule has 0 saturated heterocycles. The summed E-state index contributed by atoms with van der Waals surface area (Å²) in [6.07, 6.45) is 2.39. The van der Waals surface area contributed by atoms with E-state index in [-0.39, 0.29) is 5.69 Å². The van der Waals surface area contributed by atoms with Gasteiger partial charge in [-0.05, 0) is 25.5 Å². The molecule has 2 aromatic heterocycles. The number of hydrogen-bond acceptors (Lipinski definition) is 4. The second-order valence-electron chi connectivity index (χ2n) is 3.91. The zero-order valence-corrected chi connectivity index (χ0v) is 9.71. The van der Waals surface area contributed by atoms with Crippen molar-refractivity contribution in [2.45, 2.75) is 26.3 Å². The predicted octanol–water partition coefficient (Wildman–Crippen LogP) is 1.64. The van der Waals surface area contributed by atoms with Gasteiger partial charge in [0.25, 0.3) is 0 Å². The first-order chi connectivity index (χ1) is 8.10.